The fourth-order valence-corrected chi connectivity index (χ4v) is 3.33. The summed E-state index contributed by atoms with van der Waals surface area (Å²) in [5.41, 5.74) is 3.04. The van der Waals surface area contributed by atoms with Gasteiger partial charge in [0.05, 0.1) is 0 Å². The normalized spacial score (nSPS) is 16.1. The lowest BCUT2D eigenvalue weighted by Crippen LogP contribution is -2.43. The zero-order chi connectivity index (χ0) is 18.4. The summed E-state index contributed by atoms with van der Waals surface area (Å²) in [4.78, 5) is 14.5. The van der Waals surface area contributed by atoms with Crippen molar-refractivity contribution in [3.8, 4) is 0 Å². The Kier molecular flexibility index (Phi) is 6.18. The predicted octanol–water partition coefficient (Wildman–Crippen LogP) is 3.93. The smallest absolute Gasteiger partial charge is 0.244 e. The molecular formula is C22H25FN2O. The average Bonchev–Trinajstić information content (AvgIpc) is 2.63. The highest BCUT2D eigenvalue weighted by molar-refractivity contribution is 5.91. The van der Waals surface area contributed by atoms with Crippen molar-refractivity contribution in [2.45, 2.75) is 32.4 Å². The number of hydrogen-bond acceptors (Lipinski definition) is 2. The maximum atomic E-state index is 13.6. The van der Waals surface area contributed by atoms with Gasteiger partial charge in [0.1, 0.15) is 5.82 Å². The van der Waals surface area contributed by atoms with E-state index in [1.807, 2.05) is 0 Å². The van der Waals surface area contributed by atoms with E-state index in [9.17, 15) is 9.18 Å². The van der Waals surface area contributed by atoms with Gasteiger partial charge in [-0.2, -0.15) is 0 Å². The minimum absolute atomic E-state index is 0.162. The minimum Gasteiger partial charge on any atom is -0.350 e. The first-order valence-electron chi connectivity index (χ1n) is 9.11. The summed E-state index contributed by atoms with van der Waals surface area (Å²) in [6, 6.07) is 15.2. The number of nitrogens with one attached hydrogen (secondary N) is 1. The Morgan fingerprint density at radius 1 is 1.19 bits per heavy atom. The lowest BCUT2D eigenvalue weighted by Gasteiger charge is -2.32. The summed E-state index contributed by atoms with van der Waals surface area (Å²) < 4.78 is 13.6. The molecule has 0 spiro atoms. The van der Waals surface area contributed by atoms with Crippen LogP contribution in [0.5, 0.6) is 0 Å². The Balaban J connectivity index is 1.45. The van der Waals surface area contributed by atoms with Crippen molar-refractivity contribution in [2.75, 3.05) is 13.1 Å². The number of hydrogen-bond donors (Lipinski definition) is 1. The number of carbonyl (C=O) groups excluding carboxylic acids is 1. The molecule has 1 saturated heterocycles. The average molecular weight is 352 g/mol. The Hall–Kier alpha value is -2.46. The molecule has 0 atom stereocenters. The molecule has 0 aliphatic carbocycles. The van der Waals surface area contributed by atoms with Crippen molar-refractivity contribution >= 4 is 12.0 Å². The molecule has 1 amide bonds. The summed E-state index contributed by atoms with van der Waals surface area (Å²) in [6.45, 7) is 5.00. The lowest BCUT2D eigenvalue weighted by molar-refractivity contribution is -0.117. The van der Waals surface area contributed by atoms with E-state index < -0.39 is 0 Å². The number of piperidine rings is 1. The maximum Gasteiger partial charge on any atom is 0.244 e. The van der Waals surface area contributed by atoms with E-state index in [4.69, 9.17) is 0 Å². The van der Waals surface area contributed by atoms with Crippen LogP contribution < -0.4 is 5.32 Å². The molecule has 1 aliphatic heterocycles. The lowest BCUT2D eigenvalue weighted by atomic mass is 10.0. The van der Waals surface area contributed by atoms with Crippen LogP contribution >= 0.6 is 0 Å². The van der Waals surface area contributed by atoms with E-state index in [0.29, 0.717) is 5.56 Å². The maximum absolute atomic E-state index is 13.6. The van der Waals surface area contributed by atoms with Crippen LogP contribution in [0.1, 0.15) is 29.5 Å². The molecule has 3 nitrogen and oxygen atoms in total. The van der Waals surface area contributed by atoms with E-state index in [1.165, 1.54) is 29.3 Å². The van der Waals surface area contributed by atoms with Gasteiger partial charge in [0, 0.05) is 37.3 Å². The molecule has 0 bridgehead atoms. The minimum atomic E-state index is -0.319. The van der Waals surface area contributed by atoms with E-state index in [2.05, 4.69) is 41.4 Å². The first-order valence-corrected chi connectivity index (χ1v) is 9.11. The van der Waals surface area contributed by atoms with Gasteiger partial charge in [0.2, 0.25) is 5.91 Å². The summed E-state index contributed by atoms with van der Waals surface area (Å²) in [5, 5.41) is 3.03. The molecule has 3 rings (SSSR count). The highest BCUT2D eigenvalue weighted by Gasteiger charge is 2.20. The third-order valence-electron chi connectivity index (χ3n) is 4.74. The van der Waals surface area contributed by atoms with Gasteiger partial charge in [-0.25, -0.2) is 4.39 Å². The van der Waals surface area contributed by atoms with Gasteiger partial charge < -0.3 is 5.32 Å². The fourth-order valence-electron chi connectivity index (χ4n) is 3.33. The van der Waals surface area contributed by atoms with Crippen LogP contribution in [0.15, 0.2) is 54.6 Å². The van der Waals surface area contributed by atoms with Crippen LogP contribution in [0.25, 0.3) is 6.08 Å². The molecule has 1 fully saturated rings. The largest absolute Gasteiger partial charge is 0.350 e. The second-order valence-electron chi connectivity index (χ2n) is 6.90. The number of likely N-dealkylation sites (tertiary alicyclic amines) is 1. The van der Waals surface area contributed by atoms with Crippen molar-refractivity contribution in [2.24, 2.45) is 0 Å². The predicted molar refractivity (Wildman–Crippen MR) is 103 cm³/mol. The van der Waals surface area contributed by atoms with Gasteiger partial charge in [0.25, 0.3) is 0 Å². The van der Waals surface area contributed by atoms with Gasteiger partial charge in [-0.1, -0.05) is 48.0 Å². The summed E-state index contributed by atoms with van der Waals surface area (Å²) in [6.07, 6.45) is 4.81. The summed E-state index contributed by atoms with van der Waals surface area (Å²) in [7, 11) is 0. The van der Waals surface area contributed by atoms with E-state index in [0.717, 1.165) is 32.5 Å². The number of carbonyl (C=O) groups is 1. The zero-order valence-corrected chi connectivity index (χ0v) is 15.1. The van der Waals surface area contributed by atoms with Crippen LogP contribution in [-0.4, -0.2) is 29.9 Å². The number of benzene rings is 2. The van der Waals surface area contributed by atoms with Crippen molar-refractivity contribution < 1.29 is 9.18 Å². The van der Waals surface area contributed by atoms with Crippen molar-refractivity contribution in [1.82, 2.24) is 10.2 Å². The second kappa shape index (κ2) is 8.77. The third kappa shape index (κ3) is 5.27. The number of aryl methyl sites for hydroxylation is 1. The first-order chi connectivity index (χ1) is 12.6. The van der Waals surface area contributed by atoms with Crippen LogP contribution in [0.2, 0.25) is 0 Å². The third-order valence-corrected chi connectivity index (χ3v) is 4.74. The monoisotopic (exact) mass is 352 g/mol. The second-order valence-corrected chi connectivity index (χ2v) is 6.90. The van der Waals surface area contributed by atoms with Gasteiger partial charge in [0.15, 0.2) is 0 Å². The molecule has 4 heteroatoms. The zero-order valence-electron chi connectivity index (χ0n) is 15.1. The van der Waals surface area contributed by atoms with Crippen LogP contribution in [-0.2, 0) is 11.3 Å². The Labute approximate surface area is 154 Å². The molecule has 1 heterocycles. The topological polar surface area (TPSA) is 32.3 Å². The number of amides is 1. The fraction of sp³-hybridized carbons (Fsp3) is 0.318. The molecule has 0 aromatic heterocycles. The molecule has 0 radical (unpaired) electrons. The molecule has 2 aromatic rings. The first kappa shape index (κ1) is 18.3. The van der Waals surface area contributed by atoms with E-state index in [-0.39, 0.29) is 17.8 Å². The summed E-state index contributed by atoms with van der Waals surface area (Å²) in [5.74, 6) is -0.480. The Bertz CT molecular complexity index is 779. The van der Waals surface area contributed by atoms with Crippen molar-refractivity contribution in [3.05, 3.63) is 77.1 Å². The molecule has 1 N–H and O–H groups in total. The molecule has 1 aliphatic rings. The highest BCUT2D eigenvalue weighted by atomic mass is 19.1. The molecule has 2 aromatic carbocycles. The quantitative estimate of drug-likeness (QED) is 0.827. The van der Waals surface area contributed by atoms with E-state index >= 15 is 0 Å². The van der Waals surface area contributed by atoms with Crippen LogP contribution in [0.4, 0.5) is 4.39 Å². The van der Waals surface area contributed by atoms with Gasteiger partial charge in [-0.15, -0.1) is 0 Å². The standard InChI is InChI=1S/C22H25FN2O/c1-17-5-4-6-18(15-17)16-25-13-11-20(12-14-25)24-22(26)10-9-19-7-2-3-8-21(19)23/h2-10,15,20H,11-14,16H2,1H3,(H,24,26)/b10-9+. The highest BCUT2D eigenvalue weighted by Crippen LogP contribution is 2.15. The molecule has 136 valence electrons. The number of halogens is 1. The van der Waals surface area contributed by atoms with Gasteiger partial charge >= 0.3 is 0 Å². The number of rotatable bonds is 5. The van der Waals surface area contributed by atoms with Gasteiger partial charge in [-0.3, -0.25) is 9.69 Å². The van der Waals surface area contributed by atoms with E-state index in [1.54, 1.807) is 18.2 Å². The summed E-state index contributed by atoms with van der Waals surface area (Å²) >= 11 is 0. The molecule has 0 unspecified atom stereocenters. The van der Waals surface area contributed by atoms with Crippen LogP contribution in [0.3, 0.4) is 0 Å². The Morgan fingerprint density at radius 3 is 2.69 bits per heavy atom. The van der Waals surface area contributed by atoms with Gasteiger partial charge in [-0.05, 0) is 37.5 Å². The van der Waals surface area contributed by atoms with Crippen molar-refractivity contribution in [1.29, 1.82) is 0 Å². The van der Waals surface area contributed by atoms with Crippen molar-refractivity contribution in [3.63, 3.8) is 0 Å². The molecular weight excluding hydrogens is 327 g/mol. The molecule has 0 saturated carbocycles. The molecule has 26 heavy (non-hydrogen) atoms. The SMILES string of the molecule is Cc1cccc(CN2CCC(NC(=O)/C=C/c3ccccc3F)CC2)c1. The Morgan fingerprint density at radius 2 is 1.96 bits per heavy atom. The number of nitrogens with zero attached hydrogens (tertiary/aromatic N) is 1. The van der Waals surface area contributed by atoms with Crippen LogP contribution in [0, 0.1) is 12.7 Å².